The van der Waals surface area contributed by atoms with E-state index in [0.717, 1.165) is 18.3 Å². The summed E-state index contributed by atoms with van der Waals surface area (Å²) in [4.78, 5) is 22.9. The van der Waals surface area contributed by atoms with Gasteiger partial charge in [0.25, 0.3) is 5.91 Å². The molecule has 96 valence electrons. The lowest BCUT2D eigenvalue weighted by molar-refractivity contribution is 0.102. The molecule has 1 amide bonds. The SMILES string of the molecule is CCc1ccccc1C(=O)Nc1cccc(C=O)c1. The molecule has 2 rings (SSSR count). The number of anilines is 1. The average molecular weight is 253 g/mol. The van der Waals surface area contributed by atoms with Gasteiger partial charge >= 0.3 is 0 Å². The zero-order valence-electron chi connectivity index (χ0n) is 10.7. The van der Waals surface area contributed by atoms with Crippen molar-refractivity contribution in [3.8, 4) is 0 Å². The van der Waals surface area contributed by atoms with E-state index in [2.05, 4.69) is 5.32 Å². The molecule has 19 heavy (non-hydrogen) atoms. The van der Waals surface area contributed by atoms with E-state index in [1.54, 1.807) is 30.3 Å². The minimum Gasteiger partial charge on any atom is -0.322 e. The molecular weight excluding hydrogens is 238 g/mol. The van der Waals surface area contributed by atoms with Crippen LogP contribution in [-0.2, 0) is 6.42 Å². The highest BCUT2D eigenvalue weighted by Gasteiger charge is 2.09. The number of amides is 1. The van der Waals surface area contributed by atoms with E-state index < -0.39 is 0 Å². The highest BCUT2D eigenvalue weighted by Crippen LogP contribution is 2.14. The van der Waals surface area contributed by atoms with Crippen molar-refractivity contribution in [3.63, 3.8) is 0 Å². The van der Waals surface area contributed by atoms with Crippen molar-refractivity contribution >= 4 is 17.9 Å². The first-order valence-corrected chi connectivity index (χ1v) is 6.19. The van der Waals surface area contributed by atoms with Crippen LogP contribution >= 0.6 is 0 Å². The molecule has 2 aromatic rings. The van der Waals surface area contributed by atoms with E-state index in [-0.39, 0.29) is 5.91 Å². The van der Waals surface area contributed by atoms with Crippen LogP contribution in [0.1, 0.15) is 33.2 Å². The molecule has 0 aliphatic heterocycles. The Labute approximate surface area is 112 Å². The Kier molecular flexibility index (Phi) is 4.08. The van der Waals surface area contributed by atoms with Crippen molar-refractivity contribution < 1.29 is 9.59 Å². The first-order chi connectivity index (χ1) is 9.24. The number of aldehydes is 1. The quantitative estimate of drug-likeness (QED) is 0.850. The summed E-state index contributed by atoms with van der Waals surface area (Å²) < 4.78 is 0. The average Bonchev–Trinajstić information content (AvgIpc) is 2.47. The first kappa shape index (κ1) is 13.0. The lowest BCUT2D eigenvalue weighted by Gasteiger charge is -2.09. The van der Waals surface area contributed by atoms with Gasteiger partial charge in [0.05, 0.1) is 0 Å². The third-order valence-corrected chi connectivity index (χ3v) is 2.92. The highest BCUT2D eigenvalue weighted by atomic mass is 16.1. The smallest absolute Gasteiger partial charge is 0.255 e. The van der Waals surface area contributed by atoms with Crippen LogP contribution < -0.4 is 5.32 Å². The first-order valence-electron chi connectivity index (χ1n) is 6.19. The summed E-state index contributed by atoms with van der Waals surface area (Å²) in [5.41, 5.74) is 2.84. The van der Waals surface area contributed by atoms with Crippen LogP contribution in [0.5, 0.6) is 0 Å². The molecule has 1 N–H and O–H groups in total. The second-order valence-corrected chi connectivity index (χ2v) is 4.21. The van der Waals surface area contributed by atoms with E-state index in [1.807, 2.05) is 25.1 Å². The topological polar surface area (TPSA) is 46.2 Å². The van der Waals surface area contributed by atoms with Crippen LogP contribution in [0.4, 0.5) is 5.69 Å². The monoisotopic (exact) mass is 253 g/mol. The maximum Gasteiger partial charge on any atom is 0.255 e. The third-order valence-electron chi connectivity index (χ3n) is 2.92. The number of aryl methyl sites for hydroxylation is 1. The summed E-state index contributed by atoms with van der Waals surface area (Å²) in [6.45, 7) is 2.01. The summed E-state index contributed by atoms with van der Waals surface area (Å²) in [5, 5.41) is 2.81. The fourth-order valence-corrected chi connectivity index (χ4v) is 1.94. The molecule has 0 heterocycles. The minimum absolute atomic E-state index is 0.152. The molecule has 0 saturated carbocycles. The molecule has 0 aliphatic carbocycles. The molecule has 2 aromatic carbocycles. The molecule has 0 bridgehead atoms. The molecule has 3 heteroatoms. The molecular formula is C16H15NO2. The van der Waals surface area contributed by atoms with Gasteiger partial charge in [0.1, 0.15) is 6.29 Å². The molecule has 0 fully saturated rings. The van der Waals surface area contributed by atoms with Gasteiger partial charge in [0, 0.05) is 16.8 Å². The Morgan fingerprint density at radius 3 is 2.68 bits per heavy atom. The van der Waals surface area contributed by atoms with Crippen LogP contribution in [0.15, 0.2) is 48.5 Å². The molecule has 0 saturated heterocycles. The van der Waals surface area contributed by atoms with Gasteiger partial charge in [0.15, 0.2) is 0 Å². The van der Waals surface area contributed by atoms with Gasteiger partial charge in [-0.15, -0.1) is 0 Å². The van der Waals surface area contributed by atoms with Crippen molar-refractivity contribution in [2.24, 2.45) is 0 Å². The molecule has 3 nitrogen and oxygen atoms in total. The lowest BCUT2D eigenvalue weighted by Crippen LogP contribution is -2.14. The van der Waals surface area contributed by atoms with E-state index in [4.69, 9.17) is 0 Å². The lowest BCUT2D eigenvalue weighted by atomic mass is 10.0. The fraction of sp³-hybridized carbons (Fsp3) is 0.125. The van der Waals surface area contributed by atoms with Crippen LogP contribution in [0.3, 0.4) is 0 Å². The molecule has 0 aliphatic rings. The predicted molar refractivity (Wildman–Crippen MR) is 75.6 cm³/mol. The van der Waals surface area contributed by atoms with E-state index in [0.29, 0.717) is 16.8 Å². The Morgan fingerprint density at radius 2 is 1.95 bits per heavy atom. The van der Waals surface area contributed by atoms with Crippen LogP contribution in [0.2, 0.25) is 0 Å². The predicted octanol–water partition coefficient (Wildman–Crippen LogP) is 3.31. The summed E-state index contributed by atoms with van der Waals surface area (Å²) >= 11 is 0. The van der Waals surface area contributed by atoms with Gasteiger partial charge < -0.3 is 5.32 Å². The summed E-state index contributed by atoms with van der Waals surface area (Å²) in [7, 11) is 0. The highest BCUT2D eigenvalue weighted by molar-refractivity contribution is 6.05. The maximum absolute atomic E-state index is 12.2. The van der Waals surface area contributed by atoms with E-state index >= 15 is 0 Å². The molecule has 0 spiro atoms. The summed E-state index contributed by atoms with van der Waals surface area (Å²) in [6, 6.07) is 14.4. The zero-order chi connectivity index (χ0) is 13.7. The number of carbonyl (C=O) groups excluding carboxylic acids is 2. The Balaban J connectivity index is 2.23. The number of carbonyl (C=O) groups is 2. The number of hydrogen-bond acceptors (Lipinski definition) is 2. The number of nitrogens with one attached hydrogen (secondary N) is 1. The summed E-state index contributed by atoms with van der Waals surface area (Å²) in [5.74, 6) is -0.152. The van der Waals surface area contributed by atoms with Crippen molar-refractivity contribution in [1.29, 1.82) is 0 Å². The molecule has 0 radical (unpaired) electrons. The second-order valence-electron chi connectivity index (χ2n) is 4.21. The maximum atomic E-state index is 12.2. The van der Waals surface area contributed by atoms with Gasteiger partial charge in [-0.1, -0.05) is 37.3 Å². The minimum atomic E-state index is -0.152. The van der Waals surface area contributed by atoms with Crippen LogP contribution in [0, 0.1) is 0 Å². The Bertz CT molecular complexity index is 605. The third kappa shape index (κ3) is 3.07. The summed E-state index contributed by atoms with van der Waals surface area (Å²) in [6.07, 6.45) is 1.56. The van der Waals surface area contributed by atoms with Crippen molar-refractivity contribution in [2.45, 2.75) is 13.3 Å². The largest absolute Gasteiger partial charge is 0.322 e. The Morgan fingerprint density at radius 1 is 1.16 bits per heavy atom. The normalized spacial score (nSPS) is 9.95. The van der Waals surface area contributed by atoms with Gasteiger partial charge in [-0.25, -0.2) is 0 Å². The molecule has 0 aromatic heterocycles. The van der Waals surface area contributed by atoms with E-state index in [1.165, 1.54) is 0 Å². The fourth-order valence-electron chi connectivity index (χ4n) is 1.94. The molecule has 0 unspecified atom stereocenters. The Hall–Kier alpha value is -2.42. The van der Waals surface area contributed by atoms with Gasteiger partial charge in [-0.05, 0) is 30.2 Å². The number of hydrogen-bond donors (Lipinski definition) is 1. The number of rotatable bonds is 4. The second kappa shape index (κ2) is 5.96. The number of benzene rings is 2. The van der Waals surface area contributed by atoms with Crippen molar-refractivity contribution in [3.05, 3.63) is 65.2 Å². The van der Waals surface area contributed by atoms with Gasteiger partial charge in [0.2, 0.25) is 0 Å². The molecule has 0 atom stereocenters. The van der Waals surface area contributed by atoms with Gasteiger partial charge in [-0.2, -0.15) is 0 Å². The van der Waals surface area contributed by atoms with Crippen molar-refractivity contribution in [2.75, 3.05) is 5.32 Å². The van der Waals surface area contributed by atoms with E-state index in [9.17, 15) is 9.59 Å². The standard InChI is InChI=1S/C16H15NO2/c1-2-13-7-3-4-9-15(13)16(19)17-14-8-5-6-12(10-14)11-18/h3-11H,2H2,1H3,(H,17,19). The zero-order valence-corrected chi connectivity index (χ0v) is 10.7. The van der Waals surface area contributed by atoms with Gasteiger partial charge in [-0.3, -0.25) is 9.59 Å². The van der Waals surface area contributed by atoms with Crippen molar-refractivity contribution in [1.82, 2.24) is 0 Å². The van der Waals surface area contributed by atoms with Crippen LogP contribution in [0.25, 0.3) is 0 Å². The van der Waals surface area contributed by atoms with Crippen LogP contribution in [-0.4, -0.2) is 12.2 Å².